The maximum atomic E-state index is 11.2. The van der Waals surface area contributed by atoms with Crippen LogP contribution in [0, 0.1) is 0 Å². The second-order valence-corrected chi connectivity index (χ2v) is 4.63. The van der Waals surface area contributed by atoms with Gasteiger partial charge in [0.25, 0.3) is 10.0 Å². The van der Waals surface area contributed by atoms with Crippen molar-refractivity contribution in [3.05, 3.63) is 24.3 Å². The standard InChI is InChI=1S/C9H11NO3S/c1-2-7-14(12,13)10-8-3-5-9(11)6-4-8/h3-6H,2,7H2,1H3. The molecule has 0 N–H and O–H groups in total. The summed E-state index contributed by atoms with van der Waals surface area (Å²) in [7, 11) is -3.37. The lowest BCUT2D eigenvalue weighted by atomic mass is 10.2. The average molecular weight is 213 g/mol. The Balaban J connectivity index is 2.85. The van der Waals surface area contributed by atoms with Crippen molar-refractivity contribution < 1.29 is 13.2 Å². The highest BCUT2D eigenvalue weighted by Gasteiger charge is 2.08. The number of carbonyl (C=O) groups is 1. The van der Waals surface area contributed by atoms with Crippen molar-refractivity contribution in [2.45, 2.75) is 13.3 Å². The van der Waals surface area contributed by atoms with E-state index in [0.29, 0.717) is 12.1 Å². The van der Waals surface area contributed by atoms with Crippen molar-refractivity contribution in [3.63, 3.8) is 0 Å². The molecule has 0 spiro atoms. The maximum Gasteiger partial charge on any atom is 0.253 e. The predicted molar refractivity (Wildman–Crippen MR) is 54.8 cm³/mol. The lowest BCUT2D eigenvalue weighted by Crippen LogP contribution is -2.06. The van der Waals surface area contributed by atoms with Gasteiger partial charge in [0, 0.05) is 0 Å². The van der Waals surface area contributed by atoms with E-state index in [0.717, 1.165) is 0 Å². The average Bonchev–Trinajstić information content (AvgIpc) is 2.08. The molecule has 4 nitrogen and oxygen atoms in total. The molecular formula is C9H11NO3S. The first-order valence-electron chi connectivity index (χ1n) is 4.26. The highest BCUT2D eigenvalue weighted by atomic mass is 32.2. The number of rotatable bonds is 3. The van der Waals surface area contributed by atoms with Gasteiger partial charge in [0.1, 0.15) is 0 Å². The van der Waals surface area contributed by atoms with E-state index in [4.69, 9.17) is 0 Å². The number of sulfonamides is 1. The third-order valence-corrected chi connectivity index (χ3v) is 2.96. The van der Waals surface area contributed by atoms with Crippen molar-refractivity contribution in [1.29, 1.82) is 0 Å². The van der Waals surface area contributed by atoms with Crippen molar-refractivity contribution in [1.82, 2.24) is 0 Å². The van der Waals surface area contributed by atoms with Crippen molar-refractivity contribution >= 4 is 21.5 Å². The van der Waals surface area contributed by atoms with Crippen molar-refractivity contribution in [2.24, 2.45) is 4.40 Å². The first-order valence-corrected chi connectivity index (χ1v) is 5.87. The molecule has 14 heavy (non-hydrogen) atoms. The fraction of sp³-hybridized carbons (Fsp3) is 0.333. The first kappa shape index (κ1) is 10.8. The van der Waals surface area contributed by atoms with Gasteiger partial charge in [-0.15, -0.1) is 0 Å². The van der Waals surface area contributed by atoms with Crippen molar-refractivity contribution in [3.8, 4) is 0 Å². The van der Waals surface area contributed by atoms with E-state index in [1.165, 1.54) is 24.3 Å². The lowest BCUT2D eigenvalue weighted by molar-refractivity contribution is -0.110. The Morgan fingerprint density at radius 1 is 1.21 bits per heavy atom. The lowest BCUT2D eigenvalue weighted by Gasteiger charge is -1.99. The van der Waals surface area contributed by atoms with Gasteiger partial charge < -0.3 is 0 Å². The van der Waals surface area contributed by atoms with Crippen molar-refractivity contribution in [2.75, 3.05) is 5.75 Å². The Morgan fingerprint density at radius 3 is 2.29 bits per heavy atom. The van der Waals surface area contributed by atoms with Crippen LogP contribution in [0.4, 0.5) is 0 Å². The van der Waals surface area contributed by atoms with Gasteiger partial charge in [0.05, 0.1) is 11.5 Å². The molecule has 0 amide bonds. The monoisotopic (exact) mass is 213 g/mol. The molecule has 0 saturated carbocycles. The molecule has 1 rings (SSSR count). The summed E-state index contributed by atoms with van der Waals surface area (Å²) in [5, 5.41) is 0. The van der Waals surface area contributed by atoms with E-state index in [1.54, 1.807) is 6.92 Å². The molecule has 0 aromatic heterocycles. The summed E-state index contributed by atoms with van der Waals surface area (Å²) >= 11 is 0. The molecular weight excluding hydrogens is 202 g/mol. The third kappa shape index (κ3) is 3.26. The SMILES string of the molecule is CCCS(=O)(=O)N=C1C=CC(=O)C=C1. The Morgan fingerprint density at radius 2 is 1.79 bits per heavy atom. The van der Waals surface area contributed by atoms with E-state index < -0.39 is 10.0 Å². The van der Waals surface area contributed by atoms with Crippen LogP contribution in [0.25, 0.3) is 0 Å². The van der Waals surface area contributed by atoms with Crippen LogP contribution in [0.15, 0.2) is 28.7 Å². The molecule has 0 bridgehead atoms. The van der Waals surface area contributed by atoms with E-state index in [-0.39, 0.29) is 11.5 Å². The molecule has 76 valence electrons. The zero-order chi connectivity index (χ0) is 10.6. The quantitative estimate of drug-likeness (QED) is 0.653. The summed E-state index contributed by atoms with van der Waals surface area (Å²) in [6.07, 6.45) is 5.91. The summed E-state index contributed by atoms with van der Waals surface area (Å²) in [4.78, 5) is 10.7. The largest absolute Gasteiger partial charge is 0.290 e. The van der Waals surface area contributed by atoms with E-state index in [2.05, 4.69) is 4.40 Å². The zero-order valence-electron chi connectivity index (χ0n) is 7.80. The Hall–Kier alpha value is -1.23. The summed E-state index contributed by atoms with van der Waals surface area (Å²) < 4.78 is 26.0. The van der Waals surface area contributed by atoms with Gasteiger partial charge in [0.15, 0.2) is 5.78 Å². The van der Waals surface area contributed by atoms with Crippen LogP contribution in [0.5, 0.6) is 0 Å². The molecule has 0 aromatic rings. The van der Waals surface area contributed by atoms with Crippen LogP contribution in [-0.4, -0.2) is 25.7 Å². The van der Waals surface area contributed by atoms with E-state index in [1.807, 2.05) is 0 Å². The fourth-order valence-electron chi connectivity index (χ4n) is 0.971. The zero-order valence-corrected chi connectivity index (χ0v) is 8.62. The van der Waals surface area contributed by atoms with Crippen LogP contribution in [0.1, 0.15) is 13.3 Å². The minimum Gasteiger partial charge on any atom is -0.290 e. The smallest absolute Gasteiger partial charge is 0.253 e. The molecule has 0 fully saturated rings. The molecule has 0 aromatic carbocycles. The Kier molecular flexibility index (Phi) is 3.35. The van der Waals surface area contributed by atoms with Gasteiger partial charge in [-0.1, -0.05) is 6.92 Å². The van der Waals surface area contributed by atoms with Crippen LogP contribution in [-0.2, 0) is 14.8 Å². The highest BCUT2D eigenvalue weighted by Crippen LogP contribution is 2.01. The third-order valence-electron chi connectivity index (χ3n) is 1.54. The minimum absolute atomic E-state index is 0.0339. The molecule has 0 heterocycles. The highest BCUT2D eigenvalue weighted by molar-refractivity contribution is 7.90. The van der Waals surface area contributed by atoms with Gasteiger partial charge in [-0.2, -0.15) is 4.40 Å². The number of ketones is 1. The second-order valence-electron chi connectivity index (χ2n) is 2.87. The number of hydrogen-bond donors (Lipinski definition) is 0. The molecule has 5 heteroatoms. The molecule has 0 radical (unpaired) electrons. The van der Waals surface area contributed by atoms with Crippen LogP contribution >= 0.6 is 0 Å². The van der Waals surface area contributed by atoms with Crippen LogP contribution in [0.2, 0.25) is 0 Å². The maximum absolute atomic E-state index is 11.2. The van der Waals surface area contributed by atoms with Gasteiger partial charge in [0.2, 0.25) is 0 Å². The molecule has 0 saturated heterocycles. The number of nitrogens with zero attached hydrogens (tertiary/aromatic N) is 1. The number of carbonyl (C=O) groups excluding carboxylic acids is 1. The summed E-state index contributed by atoms with van der Waals surface area (Å²) in [6, 6.07) is 0. The topological polar surface area (TPSA) is 63.6 Å². The Labute approximate surface area is 83.1 Å². The predicted octanol–water partition coefficient (Wildman–Crippen LogP) is 0.862. The Bertz CT molecular complexity index is 397. The molecule has 1 aliphatic carbocycles. The van der Waals surface area contributed by atoms with Crippen LogP contribution < -0.4 is 0 Å². The summed E-state index contributed by atoms with van der Waals surface area (Å²) in [5.74, 6) is -0.122. The molecule has 0 atom stereocenters. The van der Waals surface area contributed by atoms with Gasteiger partial charge in [-0.05, 0) is 30.7 Å². The summed E-state index contributed by atoms with van der Waals surface area (Å²) in [5.41, 5.74) is 0.304. The minimum atomic E-state index is -3.37. The molecule has 0 aliphatic heterocycles. The van der Waals surface area contributed by atoms with E-state index in [9.17, 15) is 13.2 Å². The van der Waals surface area contributed by atoms with E-state index >= 15 is 0 Å². The second kappa shape index (κ2) is 4.32. The fourth-order valence-corrected chi connectivity index (χ4v) is 2.02. The number of allylic oxidation sites excluding steroid dienone is 4. The first-order chi connectivity index (χ1) is 6.53. The molecule has 1 aliphatic rings. The summed E-state index contributed by atoms with van der Waals surface area (Å²) in [6.45, 7) is 1.77. The van der Waals surface area contributed by atoms with Gasteiger partial charge in [-0.25, -0.2) is 8.42 Å². The van der Waals surface area contributed by atoms with Gasteiger partial charge >= 0.3 is 0 Å². The molecule has 0 unspecified atom stereocenters. The van der Waals surface area contributed by atoms with Crippen LogP contribution in [0.3, 0.4) is 0 Å². The normalized spacial score (nSPS) is 16.1. The van der Waals surface area contributed by atoms with Gasteiger partial charge in [-0.3, -0.25) is 4.79 Å². The number of hydrogen-bond acceptors (Lipinski definition) is 3.